The quantitative estimate of drug-likeness (QED) is 0.787. The van der Waals surface area contributed by atoms with Gasteiger partial charge in [0.25, 0.3) is 0 Å². The summed E-state index contributed by atoms with van der Waals surface area (Å²) in [7, 11) is 0. The third kappa shape index (κ3) is 3.92. The molecule has 3 heteroatoms. The van der Waals surface area contributed by atoms with Crippen LogP contribution in [0.15, 0.2) is 30.3 Å². The van der Waals surface area contributed by atoms with Crippen molar-refractivity contribution in [2.45, 2.75) is 32.1 Å². The second kappa shape index (κ2) is 7.19. The van der Waals surface area contributed by atoms with Crippen molar-refractivity contribution >= 4 is 22.8 Å². The molecular weight excluding hydrogens is 278 g/mol. The molecule has 21 heavy (non-hydrogen) atoms. The van der Waals surface area contributed by atoms with E-state index in [4.69, 9.17) is 17.0 Å². The van der Waals surface area contributed by atoms with Crippen molar-refractivity contribution in [3.63, 3.8) is 0 Å². The summed E-state index contributed by atoms with van der Waals surface area (Å²) in [6, 6.07) is 8.98. The Morgan fingerprint density at radius 3 is 2.52 bits per heavy atom. The number of ether oxygens (including phenoxy) is 1. The van der Waals surface area contributed by atoms with Crippen LogP contribution in [0.1, 0.15) is 36.8 Å². The zero-order valence-corrected chi connectivity index (χ0v) is 13.3. The minimum absolute atomic E-state index is 0.799. The molecule has 3 rings (SSSR count). The largest absolute Gasteiger partial charge is 0.378 e. The van der Waals surface area contributed by atoms with E-state index >= 15 is 0 Å². The fourth-order valence-corrected chi connectivity index (χ4v) is 3.39. The molecule has 0 spiro atoms. The van der Waals surface area contributed by atoms with Crippen LogP contribution >= 0.6 is 12.2 Å². The molecule has 1 fully saturated rings. The van der Waals surface area contributed by atoms with Gasteiger partial charge in [0.1, 0.15) is 0 Å². The van der Waals surface area contributed by atoms with Crippen LogP contribution in [-0.4, -0.2) is 36.2 Å². The maximum Gasteiger partial charge on any atom is 0.0825 e. The van der Waals surface area contributed by atoms with Crippen molar-refractivity contribution in [2.24, 2.45) is 0 Å². The van der Waals surface area contributed by atoms with Crippen LogP contribution in [0.5, 0.6) is 0 Å². The first-order chi connectivity index (χ1) is 10.3. The lowest BCUT2D eigenvalue weighted by molar-refractivity contribution is 0.0685. The predicted octanol–water partition coefficient (Wildman–Crippen LogP) is 3.85. The lowest BCUT2D eigenvalue weighted by Gasteiger charge is -2.29. The number of nitrogens with zero attached hydrogens (tertiary/aromatic N) is 1. The van der Waals surface area contributed by atoms with Crippen molar-refractivity contribution in [1.29, 1.82) is 0 Å². The van der Waals surface area contributed by atoms with Gasteiger partial charge in [0.05, 0.1) is 18.2 Å². The summed E-state index contributed by atoms with van der Waals surface area (Å²) >= 11 is 5.57. The Balaban J connectivity index is 1.61. The summed E-state index contributed by atoms with van der Waals surface area (Å²) in [5.74, 6) is 0. The lowest BCUT2D eigenvalue weighted by atomic mass is 9.93. The molecule has 0 radical (unpaired) electrons. The number of allylic oxidation sites excluding steroid dienone is 2. The zero-order valence-electron chi connectivity index (χ0n) is 12.5. The number of rotatable bonds is 3. The van der Waals surface area contributed by atoms with E-state index in [1.54, 1.807) is 0 Å². The van der Waals surface area contributed by atoms with E-state index in [0.29, 0.717) is 0 Å². The number of benzene rings is 1. The molecule has 1 aromatic rings. The van der Waals surface area contributed by atoms with Crippen LogP contribution in [0.25, 0.3) is 5.57 Å². The molecule has 0 N–H and O–H groups in total. The van der Waals surface area contributed by atoms with Gasteiger partial charge in [-0.15, -0.1) is 0 Å². The van der Waals surface area contributed by atoms with Crippen molar-refractivity contribution in [3.05, 3.63) is 41.5 Å². The molecule has 0 atom stereocenters. The average molecular weight is 301 g/mol. The Morgan fingerprint density at radius 1 is 1.10 bits per heavy atom. The molecule has 1 heterocycles. The molecule has 2 nitrogen and oxygen atoms in total. The fraction of sp³-hybridized carbons (Fsp3) is 0.500. The molecule has 1 saturated heterocycles. The van der Waals surface area contributed by atoms with Gasteiger partial charge in [-0.05, 0) is 42.4 Å². The number of thiocarbonyl (C=S) groups is 1. The van der Waals surface area contributed by atoms with Crippen LogP contribution in [0.4, 0.5) is 0 Å². The zero-order chi connectivity index (χ0) is 14.5. The van der Waals surface area contributed by atoms with Gasteiger partial charge in [-0.1, -0.05) is 42.6 Å². The third-order valence-corrected chi connectivity index (χ3v) is 4.74. The second-order valence-electron chi connectivity index (χ2n) is 5.84. The van der Waals surface area contributed by atoms with Crippen LogP contribution < -0.4 is 0 Å². The van der Waals surface area contributed by atoms with Crippen molar-refractivity contribution in [1.82, 2.24) is 4.90 Å². The van der Waals surface area contributed by atoms with Gasteiger partial charge in [0, 0.05) is 19.5 Å². The predicted molar refractivity (Wildman–Crippen MR) is 91.6 cm³/mol. The minimum Gasteiger partial charge on any atom is -0.378 e. The number of hydrogen-bond acceptors (Lipinski definition) is 2. The molecule has 1 aromatic carbocycles. The molecule has 2 aliphatic rings. The highest BCUT2D eigenvalue weighted by Gasteiger charge is 2.14. The highest BCUT2D eigenvalue weighted by Crippen LogP contribution is 2.26. The van der Waals surface area contributed by atoms with Crippen molar-refractivity contribution < 1.29 is 4.74 Å². The highest BCUT2D eigenvalue weighted by atomic mass is 32.1. The van der Waals surface area contributed by atoms with E-state index in [9.17, 15) is 0 Å². The molecule has 0 bridgehead atoms. The van der Waals surface area contributed by atoms with Crippen LogP contribution in [0.2, 0.25) is 0 Å². The summed E-state index contributed by atoms with van der Waals surface area (Å²) < 4.78 is 5.38. The second-order valence-corrected chi connectivity index (χ2v) is 6.31. The van der Waals surface area contributed by atoms with Gasteiger partial charge in [0.15, 0.2) is 0 Å². The van der Waals surface area contributed by atoms with Gasteiger partial charge < -0.3 is 9.64 Å². The number of hydrogen-bond donors (Lipinski definition) is 0. The maximum absolute atomic E-state index is 5.57. The van der Waals surface area contributed by atoms with Gasteiger partial charge in [0.2, 0.25) is 0 Å². The normalized spacial score (nSPS) is 19.2. The molecule has 0 saturated carbocycles. The van der Waals surface area contributed by atoms with E-state index in [1.165, 1.54) is 42.4 Å². The summed E-state index contributed by atoms with van der Waals surface area (Å²) in [5, 5.41) is 0. The molecule has 0 amide bonds. The van der Waals surface area contributed by atoms with E-state index in [0.717, 1.165) is 37.7 Å². The summed E-state index contributed by atoms with van der Waals surface area (Å²) in [6.45, 7) is 3.47. The van der Waals surface area contributed by atoms with Crippen LogP contribution in [-0.2, 0) is 11.2 Å². The van der Waals surface area contributed by atoms with E-state index in [1.807, 2.05) is 0 Å². The van der Waals surface area contributed by atoms with Crippen molar-refractivity contribution in [3.8, 4) is 0 Å². The summed E-state index contributed by atoms with van der Waals surface area (Å²) in [6.07, 6.45) is 8.40. The molecule has 1 aliphatic carbocycles. The first kappa shape index (κ1) is 14.7. The lowest BCUT2D eigenvalue weighted by Crippen LogP contribution is -2.40. The van der Waals surface area contributed by atoms with Gasteiger partial charge in [-0.3, -0.25) is 0 Å². The van der Waals surface area contributed by atoms with Gasteiger partial charge in [-0.25, -0.2) is 0 Å². The minimum atomic E-state index is 0.799. The van der Waals surface area contributed by atoms with Gasteiger partial charge >= 0.3 is 0 Å². The molecule has 0 unspecified atom stereocenters. The molecule has 1 aliphatic heterocycles. The Labute approximate surface area is 132 Å². The smallest absolute Gasteiger partial charge is 0.0825 e. The first-order valence-electron chi connectivity index (χ1n) is 7.97. The van der Waals surface area contributed by atoms with Crippen molar-refractivity contribution in [2.75, 3.05) is 26.3 Å². The molecular formula is C18H23NOS. The molecule has 0 aromatic heterocycles. The third-order valence-electron chi connectivity index (χ3n) is 4.33. The van der Waals surface area contributed by atoms with E-state index < -0.39 is 0 Å². The van der Waals surface area contributed by atoms with Crippen LogP contribution in [0.3, 0.4) is 0 Å². The monoisotopic (exact) mass is 301 g/mol. The SMILES string of the molecule is S=C(Cc1ccc(C2=CCCCC2)cc1)N1CCOCC1. The standard InChI is InChI=1S/C18H23NOS/c21-18(19-10-12-20-13-11-19)14-15-6-8-17(9-7-15)16-4-2-1-3-5-16/h4,6-9H,1-3,5,10-14H2. The Bertz CT molecular complexity index is 515. The first-order valence-corrected chi connectivity index (χ1v) is 8.37. The van der Waals surface area contributed by atoms with Crippen LogP contribution in [0, 0.1) is 0 Å². The van der Waals surface area contributed by atoms with Gasteiger partial charge in [-0.2, -0.15) is 0 Å². The Kier molecular flexibility index (Phi) is 5.04. The summed E-state index contributed by atoms with van der Waals surface area (Å²) in [4.78, 5) is 3.32. The molecule has 112 valence electrons. The Morgan fingerprint density at radius 2 is 1.86 bits per heavy atom. The highest BCUT2D eigenvalue weighted by molar-refractivity contribution is 7.80. The Hall–Kier alpha value is -1.19. The average Bonchev–Trinajstić information content (AvgIpc) is 2.57. The summed E-state index contributed by atoms with van der Waals surface area (Å²) in [5.41, 5.74) is 4.21. The topological polar surface area (TPSA) is 12.5 Å². The number of morpholine rings is 1. The van der Waals surface area contributed by atoms with E-state index in [-0.39, 0.29) is 0 Å². The fourth-order valence-electron chi connectivity index (χ4n) is 3.04. The van der Waals surface area contributed by atoms with E-state index in [2.05, 4.69) is 35.2 Å². The maximum atomic E-state index is 5.57.